The van der Waals surface area contributed by atoms with Crippen LogP contribution in [0, 0.1) is 6.92 Å². The van der Waals surface area contributed by atoms with E-state index in [9.17, 15) is 0 Å². The molecule has 0 spiro atoms. The van der Waals surface area contributed by atoms with Crippen LogP contribution in [0.15, 0.2) is 16.8 Å². The molecule has 92 valence electrons. The Morgan fingerprint density at radius 2 is 2.35 bits per heavy atom. The molecule has 1 N–H and O–H groups in total. The molecule has 2 rings (SSSR count). The van der Waals surface area contributed by atoms with Crippen molar-refractivity contribution in [2.75, 3.05) is 0 Å². The van der Waals surface area contributed by atoms with E-state index in [1.165, 1.54) is 5.56 Å². The molecule has 3 nitrogen and oxygen atoms in total. The highest BCUT2D eigenvalue weighted by Crippen LogP contribution is 2.21. The molecule has 17 heavy (non-hydrogen) atoms. The van der Waals surface area contributed by atoms with Crippen molar-refractivity contribution in [2.45, 2.75) is 26.4 Å². The second kappa shape index (κ2) is 5.21. The first-order valence-corrected chi connectivity index (χ1v) is 6.85. The van der Waals surface area contributed by atoms with Gasteiger partial charge in [-0.25, -0.2) is 0 Å². The Balaban J connectivity index is 2.03. The summed E-state index contributed by atoms with van der Waals surface area (Å²) >= 11 is 7.92. The zero-order valence-corrected chi connectivity index (χ0v) is 11.8. The minimum Gasteiger partial charge on any atom is -0.304 e. The van der Waals surface area contributed by atoms with E-state index in [1.54, 1.807) is 11.3 Å². The first kappa shape index (κ1) is 12.6. The third-order valence-electron chi connectivity index (χ3n) is 2.88. The maximum Gasteiger partial charge on any atom is 0.0860 e. The minimum atomic E-state index is 0.326. The van der Waals surface area contributed by atoms with Gasteiger partial charge < -0.3 is 5.32 Å². The van der Waals surface area contributed by atoms with E-state index in [4.69, 9.17) is 11.6 Å². The number of rotatable bonds is 4. The van der Waals surface area contributed by atoms with Gasteiger partial charge in [0, 0.05) is 19.6 Å². The molecule has 0 aromatic carbocycles. The highest BCUT2D eigenvalue weighted by atomic mass is 35.5. The number of hydrogen-bond donors (Lipinski definition) is 1. The summed E-state index contributed by atoms with van der Waals surface area (Å²) in [7, 11) is 1.92. The van der Waals surface area contributed by atoms with Crippen molar-refractivity contribution in [1.29, 1.82) is 0 Å². The molecule has 0 bridgehead atoms. The molecule has 0 fully saturated rings. The fourth-order valence-electron chi connectivity index (χ4n) is 1.76. The zero-order valence-electron chi connectivity index (χ0n) is 10.2. The van der Waals surface area contributed by atoms with Crippen LogP contribution in [-0.4, -0.2) is 9.78 Å². The second-order valence-electron chi connectivity index (χ2n) is 4.13. The second-order valence-corrected chi connectivity index (χ2v) is 5.29. The van der Waals surface area contributed by atoms with Crippen molar-refractivity contribution in [3.8, 4) is 0 Å². The number of hydrogen-bond acceptors (Lipinski definition) is 3. The molecule has 0 saturated heterocycles. The molecule has 0 aliphatic heterocycles. The SMILES string of the molecule is Cc1nn(C)c(CNC(C)c2ccsc2)c1Cl. The molecule has 0 radical (unpaired) electrons. The summed E-state index contributed by atoms with van der Waals surface area (Å²) in [5.41, 5.74) is 3.23. The minimum absolute atomic E-state index is 0.326. The average molecular weight is 270 g/mol. The zero-order chi connectivity index (χ0) is 12.4. The lowest BCUT2D eigenvalue weighted by atomic mass is 10.2. The van der Waals surface area contributed by atoms with E-state index in [0.717, 1.165) is 23.0 Å². The highest BCUT2D eigenvalue weighted by molar-refractivity contribution is 7.07. The molecule has 1 atom stereocenters. The van der Waals surface area contributed by atoms with Crippen molar-refractivity contribution in [3.05, 3.63) is 38.8 Å². The lowest BCUT2D eigenvalue weighted by Crippen LogP contribution is -2.19. The number of nitrogens with one attached hydrogen (secondary N) is 1. The van der Waals surface area contributed by atoms with E-state index in [-0.39, 0.29) is 0 Å². The Bertz CT molecular complexity index is 490. The van der Waals surface area contributed by atoms with E-state index in [2.05, 4.69) is 34.2 Å². The number of halogens is 1. The molecule has 0 amide bonds. The summed E-state index contributed by atoms with van der Waals surface area (Å²) in [5.74, 6) is 0. The quantitative estimate of drug-likeness (QED) is 0.923. The molecule has 0 aliphatic rings. The van der Waals surface area contributed by atoms with Gasteiger partial charge in [-0.05, 0) is 36.2 Å². The van der Waals surface area contributed by atoms with Gasteiger partial charge in [-0.1, -0.05) is 11.6 Å². The molecule has 1 unspecified atom stereocenters. The maximum absolute atomic E-state index is 6.20. The predicted octanol–water partition coefficient (Wildman–Crippen LogP) is 3.29. The topological polar surface area (TPSA) is 29.9 Å². The van der Waals surface area contributed by atoms with E-state index in [0.29, 0.717) is 6.04 Å². The summed E-state index contributed by atoms with van der Waals surface area (Å²) < 4.78 is 1.84. The summed E-state index contributed by atoms with van der Waals surface area (Å²) in [6.45, 7) is 4.81. The van der Waals surface area contributed by atoms with Crippen LogP contribution in [0.5, 0.6) is 0 Å². The van der Waals surface area contributed by atoms with Gasteiger partial charge in [0.1, 0.15) is 0 Å². The van der Waals surface area contributed by atoms with Crippen molar-refractivity contribution < 1.29 is 0 Å². The normalized spacial score (nSPS) is 12.9. The van der Waals surface area contributed by atoms with Gasteiger partial charge in [-0.15, -0.1) is 0 Å². The van der Waals surface area contributed by atoms with Crippen molar-refractivity contribution in [2.24, 2.45) is 7.05 Å². The van der Waals surface area contributed by atoms with Crippen LogP contribution in [0.2, 0.25) is 5.02 Å². The summed E-state index contributed by atoms with van der Waals surface area (Å²) in [6, 6.07) is 2.46. The maximum atomic E-state index is 6.20. The van der Waals surface area contributed by atoms with Crippen LogP contribution in [0.25, 0.3) is 0 Å². The Hall–Kier alpha value is -0.840. The van der Waals surface area contributed by atoms with Crippen molar-refractivity contribution in [3.63, 3.8) is 0 Å². The first-order valence-electron chi connectivity index (χ1n) is 5.53. The van der Waals surface area contributed by atoms with E-state index in [1.807, 2.05) is 18.7 Å². The third-order valence-corrected chi connectivity index (χ3v) is 4.07. The van der Waals surface area contributed by atoms with Gasteiger partial charge in [-0.2, -0.15) is 16.4 Å². The van der Waals surface area contributed by atoms with Crippen LogP contribution in [0.1, 0.15) is 29.9 Å². The van der Waals surface area contributed by atoms with Gasteiger partial charge in [0.2, 0.25) is 0 Å². The lowest BCUT2D eigenvalue weighted by Gasteiger charge is -2.12. The Morgan fingerprint density at radius 3 is 2.88 bits per heavy atom. The monoisotopic (exact) mass is 269 g/mol. The Kier molecular flexibility index (Phi) is 3.86. The third kappa shape index (κ3) is 2.70. The Morgan fingerprint density at radius 1 is 1.59 bits per heavy atom. The molecule has 2 aromatic heterocycles. The smallest absolute Gasteiger partial charge is 0.0860 e. The molecule has 0 saturated carbocycles. The van der Waals surface area contributed by atoms with Gasteiger partial charge in [-0.3, -0.25) is 4.68 Å². The largest absolute Gasteiger partial charge is 0.304 e. The number of aromatic nitrogens is 2. The summed E-state index contributed by atoms with van der Waals surface area (Å²) in [4.78, 5) is 0. The highest BCUT2D eigenvalue weighted by Gasteiger charge is 2.12. The molecule has 0 aliphatic carbocycles. The predicted molar refractivity (Wildman–Crippen MR) is 72.5 cm³/mol. The van der Waals surface area contributed by atoms with Crippen LogP contribution in [-0.2, 0) is 13.6 Å². The van der Waals surface area contributed by atoms with Crippen molar-refractivity contribution >= 4 is 22.9 Å². The summed E-state index contributed by atoms with van der Waals surface area (Å²) in [6.07, 6.45) is 0. The standard InChI is InChI=1S/C12H16ClN3S/c1-8(10-4-5-17-7-10)14-6-11-12(13)9(2)15-16(11)3/h4-5,7-8,14H,6H2,1-3H3. The van der Waals surface area contributed by atoms with Crippen molar-refractivity contribution in [1.82, 2.24) is 15.1 Å². The number of thiophene rings is 1. The molecular weight excluding hydrogens is 254 g/mol. The van der Waals surface area contributed by atoms with Gasteiger partial charge in [0.25, 0.3) is 0 Å². The van der Waals surface area contributed by atoms with Crippen LogP contribution < -0.4 is 5.32 Å². The van der Waals surface area contributed by atoms with Gasteiger partial charge in [0.05, 0.1) is 16.4 Å². The van der Waals surface area contributed by atoms with E-state index < -0.39 is 0 Å². The van der Waals surface area contributed by atoms with Crippen LogP contribution in [0.3, 0.4) is 0 Å². The lowest BCUT2D eigenvalue weighted by molar-refractivity contribution is 0.549. The van der Waals surface area contributed by atoms with Crippen LogP contribution in [0.4, 0.5) is 0 Å². The molecular formula is C12H16ClN3S. The molecule has 5 heteroatoms. The first-order chi connectivity index (χ1) is 8.09. The molecule has 2 heterocycles. The van der Waals surface area contributed by atoms with Gasteiger partial charge in [0.15, 0.2) is 0 Å². The molecule has 2 aromatic rings. The van der Waals surface area contributed by atoms with Gasteiger partial charge >= 0.3 is 0 Å². The average Bonchev–Trinajstić information content (AvgIpc) is 2.88. The number of nitrogens with zero attached hydrogens (tertiary/aromatic N) is 2. The fourth-order valence-corrected chi connectivity index (χ4v) is 2.74. The fraction of sp³-hybridized carbons (Fsp3) is 0.417. The summed E-state index contributed by atoms with van der Waals surface area (Å²) in [5, 5.41) is 12.8. The van der Waals surface area contributed by atoms with Crippen LogP contribution >= 0.6 is 22.9 Å². The number of aryl methyl sites for hydroxylation is 2. The Labute approximate surface area is 110 Å². The van der Waals surface area contributed by atoms with E-state index >= 15 is 0 Å².